The molecule has 0 aliphatic carbocycles. The zero-order chi connectivity index (χ0) is 20.7. The van der Waals surface area contributed by atoms with Crippen LogP contribution in [0.25, 0.3) is 17.1 Å². The maximum absolute atomic E-state index is 13.3. The van der Waals surface area contributed by atoms with Crippen molar-refractivity contribution in [2.45, 2.75) is 6.54 Å². The van der Waals surface area contributed by atoms with E-state index in [0.29, 0.717) is 42.2 Å². The Bertz CT molecular complexity index is 1310. The number of carbonyl (C=O) groups excluding carboxylic acids is 1. The van der Waals surface area contributed by atoms with Gasteiger partial charge in [0.15, 0.2) is 5.65 Å². The summed E-state index contributed by atoms with van der Waals surface area (Å²) in [5.74, 6) is -0.0591. The number of fused-ring (bicyclic) bond motifs is 2. The van der Waals surface area contributed by atoms with E-state index in [4.69, 9.17) is 0 Å². The first kappa shape index (κ1) is 18.0. The van der Waals surface area contributed by atoms with E-state index in [1.807, 2.05) is 4.90 Å². The summed E-state index contributed by atoms with van der Waals surface area (Å²) in [5.41, 5.74) is 1.70. The first-order valence-corrected chi connectivity index (χ1v) is 9.31. The fourth-order valence-electron chi connectivity index (χ4n) is 3.48. The molecule has 0 unspecified atom stereocenters. The summed E-state index contributed by atoms with van der Waals surface area (Å²) in [4.78, 5) is 42.5. The Labute approximate surface area is 169 Å². The number of pyridine rings is 1. The number of imidazole rings is 1. The molecule has 3 aromatic heterocycles. The van der Waals surface area contributed by atoms with Gasteiger partial charge in [-0.2, -0.15) is 4.98 Å². The van der Waals surface area contributed by atoms with Gasteiger partial charge in [0.25, 0.3) is 5.91 Å². The second kappa shape index (κ2) is 7.07. The molecule has 1 aliphatic heterocycles. The van der Waals surface area contributed by atoms with E-state index in [0.717, 1.165) is 5.56 Å². The minimum absolute atomic E-state index is 0.136. The molecule has 0 fully saturated rings. The Kier molecular flexibility index (Phi) is 4.24. The number of hydrogen-bond acceptors (Lipinski definition) is 6. The molecule has 30 heavy (non-hydrogen) atoms. The van der Waals surface area contributed by atoms with Gasteiger partial charge in [0.2, 0.25) is 5.95 Å². The Morgan fingerprint density at radius 1 is 1.10 bits per heavy atom. The van der Waals surface area contributed by atoms with Gasteiger partial charge in [0.05, 0.1) is 5.52 Å². The first-order valence-electron chi connectivity index (χ1n) is 9.31. The van der Waals surface area contributed by atoms with Gasteiger partial charge in [-0.25, -0.2) is 23.7 Å². The minimum atomic E-state index is -0.424. The average Bonchev–Trinajstić information content (AvgIpc) is 3.01. The predicted octanol–water partition coefficient (Wildman–Crippen LogP) is 1.39. The highest BCUT2D eigenvalue weighted by Crippen LogP contribution is 2.23. The molecule has 1 amide bonds. The lowest BCUT2D eigenvalue weighted by Gasteiger charge is -2.23. The molecule has 0 saturated heterocycles. The summed E-state index contributed by atoms with van der Waals surface area (Å²) < 4.78 is 14.6. The Morgan fingerprint density at radius 2 is 1.93 bits per heavy atom. The van der Waals surface area contributed by atoms with E-state index in [1.165, 1.54) is 22.9 Å². The lowest BCUT2D eigenvalue weighted by molar-refractivity contribution is 0.0957. The van der Waals surface area contributed by atoms with Gasteiger partial charge in [-0.05, 0) is 29.8 Å². The highest BCUT2D eigenvalue weighted by Gasteiger charge is 2.24. The van der Waals surface area contributed by atoms with Crippen molar-refractivity contribution in [1.29, 1.82) is 0 Å². The van der Waals surface area contributed by atoms with E-state index < -0.39 is 5.69 Å². The Balaban J connectivity index is 1.62. The summed E-state index contributed by atoms with van der Waals surface area (Å²) in [6, 6.07) is 9.60. The zero-order valence-corrected chi connectivity index (χ0v) is 15.7. The molecule has 5 rings (SSSR count). The van der Waals surface area contributed by atoms with Crippen LogP contribution < -0.4 is 15.9 Å². The number of carbonyl (C=O) groups is 1. The van der Waals surface area contributed by atoms with Crippen molar-refractivity contribution in [1.82, 2.24) is 29.8 Å². The standard InChI is InChI=1S/C20H16FN7O2/c21-13-5-3-12(4-6-13)11-27-9-8-23-18(29)14-10-24-19(26-17(14)27)28-15-2-1-7-22-16(15)25-20(28)30/h1-7,10H,8-9,11H2,(H,23,29)(H,22,25,30). The molecule has 1 aliphatic rings. The molecule has 0 bridgehead atoms. The van der Waals surface area contributed by atoms with E-state index in [9.17, 15) is 14.0 Å². The number of amides is 1. The predicted molar refractivity (Wildman–Crippen MR) is 107 cm³/mol. The zero-order valence-electron chi connectivity index (χ0n) is 15.7. The van der Waals surface area contributed by atoms with Crippen molar-refractivity contribution >= 4 is 22.9 Å². The van der Waals surface area contributed by atoms with Crippen LogP contribution in [0.5, 0.6) is 0 Å². The number of nitrogens with one attached hydrogen (secondary N) is 2. The van der Waals surface area contributed by atoms with Crippen LogP contribution >= 0.6 is 0 Å². The summed E-state index contributed by atoms with van der Waals surface area (Å²) >= 11 is 0. The molecule has 1 aromatic carbocycles. The van der Waals surface area contributed by atoms with Gasteiger partial charge in [-0.15, -0.1) is 0 Å². The topological polar surface area (TPSA) is 109 Å². The fraction of sp³-hybridized carbons (Fsp3) is 0.150. The number of hydrogen-bond donors (Lipinski definition) is 2. The normalized spacial score (nSPS) is 13.8. The summed E-state index contributed by atoms with van der Waals surface area (Å²) in [7, 11) is 0. The van der Waals surface area contributed by atoms with Crippen LogP contribution in [0.2, 0.25) is 0 Å². The molecule has 0 radical (unpaired) electrons. The van der Waals surface area contributed by atoms with Crippen LogP contribution in [-0.4, -0.2) is 43.5 Å². The van der Waals surface area contributed by atoms with Gasteiger partial charge in [0.1, 0.15) is 17.2 Å². The van der Waals surface area contributed by atoms with Crippen molar-refractivity contribution in [3.05, 3.63) is 76.2 Å². The summed E-state index contributed by atoms with van der Waals surface area (Å²) in [6.45, 7) is 1.34. The highest BCUT2D eigenvalue weighted by molar-refractivity contribution is 5.99. The van der Waals surface area contributed by atoms with Crippen LogP contribution in [-0.2, 0) is 6.54 Å². The monoisotopic (exact) mass is 405 g/mol. The number of rotatable bonds is 3. The van der Waals surface area contributed by atoms with E-state index in [-0.39, 0.29) is 17.7 Å². The maximum atomic E-state index is 13.3. The lowest BCUT2D eigenvalue weighted by atomic mass is 10.2. The molecule has 4 heterocycles. The molecule has 0 saturated carbocycles. The van der Waals surface area contributed by atoms with Gasteiger partial charge in [-0.3, -0.25) is 9.78 Å². The molecule has 0 atom stereocenters. The second-order valence-corrected chi connectivity index (χ2v) is 6.85. The average molecular weight is 405 g/mol. The van der Waals surface area contributed by atoms with Crippen LogP contribution in [0.4, 0.5) is 10.2 Å². The van der Waals surface area contributed by atoms with Crippen LogP contribution in [0.15, 0.2) is 53.6 Å². The smallest absolute Gasteiger partial charge is 0.334 e. The Morgan fingerprint density at radius 3 is 2.77 bits per heavy atom. The van der Waals surface area contributed by atoms with Gasteiger partial charge in [-0.1, -0.05) is 12.1 Å². The van der Waals surface area contributed by atoms with Gasteiger partial charge < -0.3 is 10.2 Å². The number of anilines is 1. The molecule has 4 aromatic rings. The van der Waals surface area contributed by atoms with Crippen LogP contribution in [0.3, 0.4) is 0 Å². The third-order valence-corrected chi connectivity index (χ3v) is 4.91. The third-order valence-electron chi connectivity index (χ3n) is 4.91. The number of halogens is 1. The third kappa shape index (κ3) is 3.08. The molecule has 10 heteroatoms. The number of aromatic nitrogens is 5. The fourth-order valence-corrected chi connectivity index (χ4v) is 3.48. The van der Waals surface area contributed by atoms with Crippen molar-refractivity contribution in [2.24, 2.45) is 0 Å². The van der Waals surface area contributed by atoms with Crippen molar-refractivity contribution in [2.75, 3.05) is 18.0 Å². The molecule has 0 spiro atoms. The lowest BCUT2D eigenvalue weighted by Crippen LogP contribution is -2.30. The van der Waals surface area contributed by atoms with E-state index >= 15 is 0 Å². The highest BCUT2D eigenvalue weighted by atomic mass is 19.1. The molecule has 2 N–H and O–H groups in total. The molecule has 150 valence electrons. The summed E-state index contributed by atoms with van der Waals surface area (Å²) in [5, 5.41) is 2.82. The Hall–Kier alpha value is -4.08. The maximum Gasteiger partial charge on any atom is 0.334 e. The summed E-state index contributed by atoms with van der Waals surface area (Å²) in [6.07, 6.45) is 2.99. The number of H-pyrrole nitrogens is 1. The van der Waals surface area contributed by atoms with Crippen LogP contribution in [0, 0.1) is 5.82 Å². The minimum Gasteiger partial charge on any atom is -0.350 e. The van der Waals surface area contributed by atoms with E-state index in [2.05, 4.69) is 25.3 Å². The van der Waals surface area contributed by atoms with Crippen LogP contribution in [0.1, 0.15) is 15.9 Å². The van der Waals surface area contributed by atoms with E-state index in [1.54, 1.807) is 30.5 Å². The van der Waals surface area contributed by atoms with Crippen molar-refractivity contribution in [3.8, 4) is 5.95 Å². The number of benzene rings is 1. The second-order valence-electron chi connectivity index (χ2n) is 6.85. The first-order chi connectivity index (χ1) is 14.6. The number of aromatic amines is 1. The quantitative estimate of drug-likeness (QED) is 0.533. The molecular weight excluding hydrogens is 389 g/mol. The van der Waals surface area contributed by atoms with Gasteiger partial charge in [0, 0.05) is 32.0 Å². The van der Waals surface area contributed by atoms with Gasteiger partial charge >= 0.3 is 5.69 Å². The molecule has 9 nitrogen and oxygen atoms in total. The number of nitrogens with zero attached hydrogens (tertiary/aromatic N) is 5. The SMILES string of the molecule is O=C1NCCN(Cc2ccc(F)cc2)c2nc(-n3c(=O)[nH]c4ncccc43)ncc21. The van der Waals surface area contributed by atoms with Crippen molar-refractivity contribution < 1.29 is 9.18 Å². The largest absolute Gasteiger partial charge is 0.350 e. The molecular formula is C20H16FN7O2. The van der Waals surface area contributed by atoms with Crippen molar-refractivity contribution in [3.63, 3.8) is 0 Å².